The van der Waals surface area contributed by atoms with E-state index >= 15 is 0 Å². The van der Waals surface area contributed by atoms with Gasteiger partial charge < -0.3 is 10.2 Å². The Morgan fingerprint density at radius 3 is 2.60 bits per heavy atom. The summed E-state index contributed by atoms with van der Waals surface area (Å²) in [6.45, 7) is 0. The second-order valence-corrected chi connectivity index (χ2v) is 5.02. The van der Waals surface area contributed by atoms with E-state index in [0.717, 1.165) is 17.4 Å². The highest BCUT2D eigenvalue weighted by molar-refractivity contribution is 5.42. The van der Waals surface area contributed by atoms with Crippen LogP contribution in [0.15, 0.2) is 18.2 Å². The molecule has 0 spiro atoms. The molecule has 2 aliphatic rings. The van der Waals surface area contributed by atoms with Crippen LogP contribution in [0.5, 0.6) is 11.5 Å². The lowest BCUT2D eigenvalue weighted by molar-refractivity contribution is 0.393. The first-order valence-corrected chi connectivity index (χ1v) is 5.76. The molecule has 2 N–H and O–H groups in total. The molecule has 1 aromatic carbocycles. The summed E-state index contributed by atoms with van der Waals surface area (Å²) >= 11 is 0. The fourth-order valence-electron chi connectivity index (χ4n) is 3.46. The number of rotatable bonds is 1. The second-order valence-electron chi connectivity index (χ2n) is 5.02. The molecule has 2 aliphatic carbocycles. The number of phenolic OH excluding ortho intramolecular Hbond substituents is 2. The second kappa shape index (κ2) is 3.16. The number of benzene rings is 1. The van der Waals surface area contributed by atoms with Gasteiger partial charge in [0.1, 0.15) is 11.5 Å². The molecule has 3 atom stereocenters. The lowest BCUT2D eigenvalue weighted by atomic mass is 9.83. The Labute approximate surface area is 89.6 Å². The van der Waals surface area contributed by atoms with Crippen LogP contribution in [-0.2, 0) is 0 Å². The van der Waals surface area contributed by atoms with Gasteiger partial charge in [-0.2, -0.15) is 0 Å². The number of phenols is 2. The summed E-state index contributed by atoms with van der Waals surface area (Å²) in [4.78, 5) is 0. The average molecular weight is 204 g/mol. The topological polar surface area (TPSA) is 40.5 Å². The molecule has 2 bridgehead atoms. The van der Waals surface area contributed by atoms with Crippen LogP contribution in [0.2, 0.25) is 0 Å². The van der Waals surface area contributed by atoms with Crippen LogP contribution in [0.25, 0.3) is 0 Å². The van der Waals surface area contributed by atoms with Crippen molar-refractivity contribution in [2.45, 2.75) is 31.6 Å². The van der Waals surface area contributed by atoms with E-state index in [0.29, 0.717) is 11.7 Å². The van der Waals surface area contributed by atoms with Gasteiger partial charge in [0, 0.05) is 5.56 Å². The number of fused-ring (bicyclic) bond motifs is 2. The standard InChI is InChI=1S/C13H16O2/c14-10-3-4-13(15)12(7-10)11-6-8-1-2-9(11)5-8/h3-4,7-9,11,14-15H,1-2,5-6H2/t8-,9-,11-/m0/s1. The summed E-state index contributed by atoms with van der Waals surface area (Å²) in [5.41, 5.74) is 0.960. The van der Waals surface area contributed by atoms with Crippen molar-refractivity contribution >= 4 is 0 Å². The van der Waals surface area contributed by atoms with Crippen LogP contribution in [0.4, 0.5) is 0 Å². The maximum absolute atomic E-state index is 9.81. The highest BCUT2D eigenvalue weighted by Gasteiger charge is 2.41. The van der Waals surface area contributed by atoms with E-state index in [1.807, 2.05) is 0 Å². The van der Waals surface area contributed by atoms with E-state index < -0.39 is 0 Å². The summed E-state index contributed by atoms with van der Waals surface area (Å²) in [5.74, 6) is 2.70. The highest BCUT2D eigenvalue weighted by Crippen LogP contribution is 2.54. The van der Waals surface area contributed by atoms with Gasteiger partial charge in [-0.3, -0.25) is 0 Å². The average Bonchev–Trinajstić information content (AvgIpc) is 2.83. The molecule has 0 amide bonds. The Balaban J connectivity index is 1.96. The lowest BCUT2D eigenvalue weighted by Crippen LogP contribution is -2.08. The Hall–Kier alpha value is -1.18. The Bertz CT molecular complexity index is 386. The van der Waals surface area contributed by atoms with Crippen LogP contribution >= 0.6 is 0 Å². The van der Waals surface area contributed by atoms with E-state index in [4.69, 9.17) is 0 Å². The molecule has 2 fully saturated rings. The zero-order chi connectivity index (χ0) is 10.4. The molecule has 2 nitrogen and oxygen atoms in total. The molecule has 0 aliphatic heterocycles. The van der Waals surface area contributed by atoms with Gasteiger partial charge in [-0.15, -0.1) is 0 Å². The molecule has 1 aromatic rings. The van der Waals surface area contributed by atoms with Crippen molar-refractivity contribution in [2.24, 2.45) is 11.8 Å². The molecule has 0 heterocycles. The van der Waals surface area contributed by atoms with Crippen LogP contribution in [-0.4, -0.2) is 10.2 Å². The fraction of sp³-hybridized carbons (Fsp3) is 0.538. The third-order valence-corrected chi connectivity index (χ3v) is 4.15. The van der Waals surface area contributed by atoms with E-state index in [9.17, 15) is 10.2 Å². The zero-order valence-corrected chi connectivity index (χ0v) is 8.69. The van der Waals surface area contributed by atoms with Gasteiger partial charge in [-0.1, -0.05) is 6.42 Å². The van der Waals surface area contributed by atoms with Crippen LogP contribution in [0.1, 0.15) is 37.2 Å². The van der Waals surface area contributed by atoms with Crippen molar-refractivity contribution in [3.8, 4) is 11.5 Å². The van der Waals surface area contributed by atoms with E-state index in [2.05, 4.69) is 0 Å². The van der Waals surface area contributed by atoms with Crippen molar-refractivity contribution in [1.29, 1.82) is 0 Å². The van der Waals surface area contributed by atoms with E-state index in [1.54, 1.807) is 18.2 Å². The minimum atomic E-state index is 0.269. The fourth-order valence-corrected chi connectivity index (χ4v) is 3.46. The third-order valence-electron chi connectivity index (χ3n) is 4.15. The van der Waals surface area contributed by atoms with Crippen molar-refractivity contribution < 1.29 is 10.2 Å². The molecule has 15 heavy (non-hydrogen) atoms. The number of hydrogen-bond donors (Lipinski definition) is 2. The smallest absolute Gasteiger partial charge is 0.119 e. The summed E-state index contributed by atoms with van der Waals surface area (Å²) in [5, 5.41) is 19.3. The third kappa shape index (κ3) is 1.39. The van der Waals surface area contributed by atoms with Gasteiger partial charge in [0.2, 0.25) is 0 Å². The van der Waals surface area contributed by atoms with Crippen molar-refractivity contribution in [3.63, 3.8) is 0 Å². The van der Waals surface area contributed by atoms with Gasteiger partial charge in [0.25, 0.3) is 0 Å². The van der Waals surface area contributed by atoms with Crippen molar-refractivity contribution in [1.82, 2.24) is 0 Å². The Kier molecular flexibility index (Phi) is 1.91. The molecular weight excluding hydrogens is 188 g/mol. The molecule has 3 rings (SSSR count). The minimum absolute atomic E-state index is 0.269. The van der Waals surface area contributed by atoms with Gasteiger partial charge >= 0.3 is 0 Å². The van der Waals surface area contributed by atoms with Crippen LogP contribution in [0.3, 0.4) is 0 Å². The minimum Gasteiger partial charge on any atom is -0.508 e. The molecule has 0 saturated heterocycles. The lowest BCUT2D eigenvalue weighted by Gasteiger charge is -2.22. The molecule has 0 radical (unpaired) electrons. The summed E-state index contributed by atoms with van der Waals surface area (Å²) in [6.07, 6.45) is 5.17. The summed E-state index contributed by atoms with van der Waals surface area (Å²) in [6, 6.07) is 4.89. The van der Waals surface area contributed by atoms with Gasteiger partial charge in [0.15, 0.2) is 0 Å². The van der Waals surface area contributed by atoms with Crippen molar-refractivity contribution in [2.75, 3.05) is 0 Å². The maximum Gasteiger partial charge on any atom is 0.119 e. The van der Waals surface area contributed by atoms with E-state index in [-0.39, 0.29) is 5.75 Å². The SMILES string of the molecule is Oc1ccc(O)c([C@H]2C[C@H]3CC[C@H]2C3)c1. The number of hydrogen-bond acceptors (Lipinski definition) is 2. The first-order valence-electron chi connectivity index (χ1n) is 5.76. The van der Waals surface area contributed by atoms with Crippen LogP contribution < -0.4 is 0 Å². The summed E-state index contributed by atoms with van der Waals surface area (Å²) in [7, 11) is 0. The van der Waals surface area contributed by atoms with Crippen molar-refractivity contribution in [3.05, 3.63) is 23.8 Å². The highest BCUT2D eigenvalue weighted by atomic mass is 16.3. The maximum atomic E-state index is 9.81. The molecule has 2 heteroatoms. The van der Waals surface area contributed by atoms with Gasteiger partial charge in [-0.25, -0.2) is 0 Å². The first-order chi connectivity index (χ1) is 7.24. The van der Waals surface area contributed by atoms with Gasteiger partial charge in [-0.05, 0) is 55.2 Å². The number of aromatic hydroxyl groups is 2. The van der Waals surface area contributed by atoms with Crippen LogP contribution in [0, 0.1) is 11.8 Å². The molecular formula is C13H16O2. The van der Waals surface area contributed by atoms with Gasteiger partial charge in [0.05, 0.1) is 0 Å². The molecule has 0 unspecified atom stereocenters. The molecule has 0 aromatic heterocycles. The monoisotopic (exact) mass is 204 g/mol. The molecule has 80 valence electrons. The Morgan fingerprint density at radius 2 is 1.93 bits per heavy atom. The largest absolute Gasteiger partial charge is 0.508 e. The predicted octanol–water partition coefficient (Wildman–Crippen LogP) is 3.00. The molecule has 2 saturated carbocycles. The Morgan fingerprint density at radius 1 is 1.07 bits per heavy atom. The summed E-state index contributed by atoms with van der Waals surface area (Å²) < 4.78 is 0. The normalized spacial score (nSPS) is 33.5. The first kappa shape index (κ1) is 9.08. The zero-order valence-electron chi connectivity index (χ0n) is 8.69. The quantitative estimate of drug-likeness (QED) is 0.690. The van der Waals surface area contributed by atoms with E-state index in [1.165, 1.54) is 25.7 Å². The predicted molar refractivity (Wildman–Crippen MR) is 58.0 cm³/mol.